The summed E-state index contributed by atoms with van der Waals surface area (Å²) in [5.41, 5.74) is 1.10. The van der Waals surface area contributed by atoms with Gasteiger partial charge in [0.25, 0.3) is 0 Å². The smallest absolute Gasteiger partial charge is 0.160 e. The fraction of sp³-hybridized carbons (Fsp3) is 0.550. The molecule has 142 valence electrons. The number of rotatable bonds is 4. The summed E-state index contributed by atoms with van der Waals surface area (Å²) in [6.07, 6.45) is 12.9. The van der Waals surface area contributed by atoms with E-state index in [0.29, 0.717) is 0 Å². The molecule has 0 aromatic carbocycles. The summed E-state index contributed by atoms with van der Waals surface area (Å²) in [7, 11) is 7.94. The normalized spacial score (nSPS) is 15.4. The molecule has 1 aliphatic rings. The molecule has 0 saturated heterocycles. The molecule has 6 heteroatoms. The van der Waals surface area contributed by atoms with Gasteiger partial charge in [0, 0.05) is 51.5 Å². The highest BCUT2D eigenvalue weighted by molar-refractivity contribution is 7.20. The highest BCUT2D eigenvalue weighted by Crippen LogP contribution is 2.29. The van der Waals surface area contributed by atoms with E-state index in [1.54, 1.807) is 6.20 Å². The molecular weight excluding hydrogens is 344 g/mol. The van der Waals surface area contributed by atoms with E-state index >= 15 is 0 Å². The van der Waals surface area contributed by atoms with Gasteiger partial charge < -0.3 is 9.80 Å². The molecule has 3 rings (SSSR count). The van der Waals surface area contributed by atoms with Crippen molar-refractivity contribution in [3.63, 3.8) is 0 Å². The van der Waals surface area contributed by atoms with Crippen LogP contribution in [0.2, 0.25) is 0 Å². The Labute approximate surface area is 160 Å². The first-order valence-corrected chi connectivity index (χ1v) is 10.0. The van der Waals surface area contributed by atoms with Gasteiger partial charge in [-0.2, -0.15) is 0 Å². The van der Waals surface area contributed by atoms with E-state index in [4.69, 9.17) is 0 Å². The first-order chi connectivity index (χ1) is 12.6. The highest BCUT2D eigenvalue weighted by atomic mass is 32.1. The van der Waals surface area contributed by atoms with Crippen LogP contribution in [0.25, 0.3) is 10.2 Å². The van der Waals surface area contributed by atoms with E-state index in [-0.39, 0.29) is 0 Å². The Balaban J connectivity index is 0.000000190. The molecule has 2 aromatic rings. The van der Waals surface area contributed by atoms with Gasteiger partial charge in [0.15, 0.2) is 6.29 Å². The van der Waals surface area contributed by atoms with Crippen molar-refractivity contribution in [2.45, 2.75) is 44.6 Å². The number of nitrogens with zero attached hydrogens (tertiary/aromatic N) is 4. The maximum atomic E-state index is 10.6. The van der Waals surface area contributed by atoms with Gasteiger partial charge >= 0.3 is 0 Å². The second-order valence-electron chi connectivity index (χ2n) is 6.89. The molecule has 2 heterocycles. The summed E-state index contributed by atoms with van der Waals surface area (Å²) in [5, 5.41) is 1.05. The van der Waals surface area contributed by atoms with Crippen molar-refractivity contribution in [2.24, 2.45) is 4.99 Å². The van der Waals surface area contributed by atoms with Crippen molar-refractivity contribution in [1.29, 1.82) is 0 Å². The molecule has 0 spiro atoms. The van der Waals surface area contributed by atoms with Crippen LogP contribution in [0.1, 0.15) is 48.2 Å². The Morgan fingerprint density at radius 1 is 1.19 bits per heavy atom. The number of fused-ring (bicyclic) bond motifs is 1. The van der Waals surface area contributed by atoms with E-state index in [2.05, 4.69) is 21.9 Å². The zero-order chi connectivity index (χ0) is 18.9. The predicted molar refractivity (Wildman–Crippen MR) is 113 cm³/mol. The summed E-state index contributed by atoms with van der Waals surface area (Å²) < 4.78 is 0. The van der Waals surface area contributed by atoms with Crippen LogP contribution < -0.4 is 4.90 Å². The molecule has 5 nitrogen and oxygen atoms in total. The fourth-order valence-electron chi connectivity index (χ4n) is 3.33. The van der Waals surface area contributed by atoms with Gasteiger partial charge in [0.2, 0.25) is 0 Å². The largest absolute Gasteiger partial charge is 0.377 e. The molecule has 26 heavy (non-hydrogen) atoms. The molecule has 1 fully saturated rings. The van der Waals surface area contributed by atoms with E-state index in [1.807, 2.05) is 44.5 Å². The molecule has 1 aliphatic carbocycles. The van der Waals surface area contributed by atoms with Gasteiger partial charge in [-0.1, -0.05) is 25.7 Å². The Morgan fingerprint density at radius 3 is 2.46 bits per heavy atom. The molecule has 0 amide bonds. The van der Waals surface area contributed by atoms with Crippen molar-refractivity contribution in [2.75, 3.05) is 33.1 Å². The van der Waals surface area contributed by atoms with E-state index in [9.17, 15) is 4.79 Å². The number of carbonyl (C=O) groups excluding carboxylic acids is 1. The lowest BCUT2D eigenvalue weighted by Crippen LogP contribution is -2.29. The number of pyridine rings is 1. The van der Waals surface area contributed by atoms with Crippen molar-refractivity contribution in [3.8, 4) is 0 Å². The number of aliphatic imine (C=N–C) groups is 1. The molecular formula is C20H30N4OS. The third kappa shape index (κ3) is 5.53. The monoisotopic (exact) mass is 374 g/mol. The van der Waals surface area contributed by atoms with E-state index in [1.165, 1.54) is 49.9 Å². The molecule has 0 unspecified atom stereocenters. The fourth-order valence-corrected chi connectivity index (χ4v) is 4.17. The lowest BCUT2D eigenvalue weighted by atomic mass is 10.1. The van der Waals surface area contributed by atoms with Crippen LogP contribution in [-0.2, 0) is 0 Å². The molecule has 0 bridgehead atoms. The van der Waals surface area contributed by atoms with Gasteiger partial charge in [-0.05, 0) is 25.0 Å². The van der Waals surface area contributed by atoms with Crippen molar-refractivity contribution < 1.29 is 4.79 Å². The quantitative estimate of drug-likeness (QED) is 0.343. The van der Waals surface area contributed by atoms with Gasteiger partial charge in [-0.25, -0.2) is 4.98 Å². The maximum Gasteiger partial charge on any atom is 0.160 e. The summed E-state index contributed by atoms with van der Waals surface area (Å²) >= 11 is 1.42. The van der Waals surface area contributed by atoms with E-state index < -0.39 is 0 Å². The summed E-state index contributed by atoms with van der Waals surface area (Å²) in [5.74, 6) is 0. The summed E-state index contributed by atoms with van der Waals surface area (Å²) in [6.45, 7) is 0. The number of anilines is 1. The van der Waals surface area contributed by atoms with Crippen LogP contribution in [0.5, 0.6) is 0 Å². The minimum atomic E-state index is 0.724. The number of hydrogen-bond acceptors (Lipinski definition) is 5. The number of aldehydes is 1. The van der Waals surface area contributed by atoms with Gasteiger partial charge in [0.05, 0.1) is 11.2 Å². The summed E-state index contributed by atoms with van der Waals surface area (Å²) in [4.78, 5) is 24.8. The molecule has 2 aromatic heterocycles. The predicted octanol–water partition coefficient (Wildman–Crippen LogP) is 4.47. The minimum absolute atomic E-state index is 0.724. The standard InChI is InChI=1S/C10H10N2OS.C10H20N2/c1-12(2)9-3-4-11-10-8(9)5-7(6-13)14-10;1-11-9-12(2)10-7-5-3-4-6-8-10/h3-6H,1-2H3;9-10H,3-8H2,1-2H3. The number of carbonyl (C=O) groups is 1. The lowest BCUT2D eigenvalue weighted by molar-refractivity contribution is 0.112. The van der Waals surface area contributed by atoms with Crippen LogP contribution in [0.15, 0.2) is 23.3 Å². The van der Waals surface area contributed by atoms with Crippen molar-refractivity contribution in [1.82, 2.24) is 9.88 Å². The topological polar surface area (TPSA) is 48.8 Å². The van der Waals surface area contributed by atoms with Crippen molar-refractivity contribution >= 4 is 39.9 Å². The summed E-state index contributed by atoms with van der Waals surface area (Å²) in [6, 6.07) is 4.58. The third-order valence-electron chi connectivity index (χ3n) is 4.73. The highest BCUT2D eigenvalue weighted by Gasteiger charge is 2.14. The second-order valence-corrected chi connectivity index (χ2v) is 7.96. The zero-order valence-corrected chi connectivity index (χ0v) is 17.1. The molecule has 0 aliphatic heterocycles. The number of hydrogen-bond donors (Lipinski definition) is 0. The molecule has 0 radical (unpaired) electrons. The third-order valence-corrected chi connectivity index (χ3v) is 5.70. The Bertz CT molecular complexity index is 718. The zero-order valence-electron chi connectivity index (χ0n) is 16.3. The van der Waals surface area contributed by atoms with Crippen LogP contribution in [0, 0.1) is 0 Å². The number of aromatic nitrogens is 1. The van der Waals surface area contributed by atoms with E-state index in [0.717, 1.165) is 33.1 Å². The maximum absolute atomic E-state index is 10.6. The Morgan fingerprint density at radius 2 is 1.88 bits per heavy atom. The average Bonchev–Trinajstić information content (AvgIpc) is 2.87. The van der Waals surface area contributed by atoms with Gasteiger partial charge in [0.1, 0.15) is 4.83 Å². The molecule has 0 N–H and O–H groups in total. The van der Waals surface area contributed by atoms with Crippen LogP contribution in [0.3, 0.4) is 0 Å². The van der Waals surface area contributed by atoms with Crippen LogP contribution in [-0.4, -0.2) is 56.7 Å². The number of thiophene rings is 1. The first kappa shape index (κ1) is 20.4. The first-order valence-electron chi connectivity index (χ1n) is 9.22. The Hall–Kier alpha value is -1.95. The SMILES string of the molecule is CN(C)c1ccnc2sc(C=O)cc12.CN=CN(C)C1CCCCCC1. The minimum Gasteiger partial charge on any atom is -0.377 e. The van der Waals surface area contributed by atoms with Crippen LogP contribution in [0.4, 0.5) is 5.69 Å². The van der Waals surface area contributed by atoms with Crippen molar-refractivity contribution in [3.05, 3.63) is 23.2 Å². The molecule has 0 atom stereocenters. The average molecular weight is 375 g/mol. The lowest BCUT2D eigenvalue weighted by Gasteiger charge is -2.24. The second kappa shape index (κ2) is 10.3. The molecule has 1 saturated carbocycles. The van der Waals surface area contributed by atoms with Gasteiger partial charge in [-0.3, -0.25) is 9.79 Å². The van der Waals surface area contributed by atoms with Gasteiger partial charge in [-0.15, -0.1) is 11.3 Å². The Kier molecular flexibility index (Phi) is 8.04. The van der Waals surface area contributed by atoms with Crippen LogP contribution >= 0.6 is 11.3 Å².